The summed E-state index contributed by atoms with van der Waals surface area (Å²) in [6.07, 6.45) is 0.403. The summed E-state index contributed by atoms with van der Waals surface area (Å²) >= 11 is 6.85. The highest BCUT2D eigenvalue weighted by atomic mass is 35.5. The number of ether oxygens (including phenoxy) is 1. The topological polar surface area (TPSA) is 88.6 Å². The molecule has 0 unspecified atom stereocenters. The van der Waals surface area contributed by atoms with Gasteiger partial charge in [-0.25, -0.2) is 4.98 Å². The zero-order valence-corrected chi connectivity index (χ0v) is 13.3. The van der Waals surface area contributed by atoms with Gasteiger partial charge in [-0.05, 0) is 19.1 Å². The Bertz CT molecular complexity index is 581. The Labute approximate surface area is 136 Å². The summed E-state index contributed by atoms with van der Waals surface area (Å²) < 4.78 is 5.01. The number of esters is 1. The van der Waals surface area contributed by atoms with E-state index in [9.17, 15) is 14.4 Å². The Morgan fingerprint density at radius 1 is 1.55 bits per heavy atom. The lowest BCUT2D eigenvalue weighted by atomic mass is 10.3. The Morgan fingerprint density at radius 2 is 2.32 bits per heavy atom. The number of amides is 2. The number of thioether (sulfide) groups is 1. The molecule has 2 heterocycles. The fourth-order valence-electron chi connectivity index (χ4n) is 1.69. The zero-order chi connectivity index (χ0) is 16.1. The minimum Gasteiger partial charge on any atom is -0.451 e. The highest BCUT2D eigenvalue weighted by Crippen LogP contribution is 2.17. The Balaban J connectivity index is 1.81. The molecule has 1 fully saturated rings. The molecule has 0 saturated carbocycles. The van der Waals surface area contributed by atoms with Crippen molar-refractivity contribution in [3.8, 4) is 0 Å². The van der Waals surface area contributed by atoms with E-state index in [1.54, 1.807) is 6.07 Å². The number of carbonyl (C=O) groups is 3. The monoisotopic (exact) mass is 343 g/mol. The molecule has 0 aromatic carbocycles. The largest absolute Gasteiger partial charge is 0.451 e. The molecule has 1 aliphatic rings. The van der Waals surface area contributed by atoms with Crippen LogP contribution in [0, 0.1) is 0 Å². The number of carbonyl (C=O) groups excluding carboxylic acids is 3. The number of hydrogen-bond acceptors (Lipinski definition) is 6. The fraction of sp³-hybridized carbons (Fsp3) is 0.385. The van der Waals surface area contributed by atoms with E-state index < -0.39 is 18.0 Å². The number of pyridine rings is 1. The number of rotatable bonds is 5. The minimum atomic E-state index is -0.990. The van der Waals surface area contributed by atoms with Crippen molar-refractivity contribution in [3.63, 3.8) is 0 Å². The van der Waals surface area contributed by atoms with Crippen LogP contribution in [-0.4, -0.2) is 51.9 Å². The summed E-state index contributed by atoms with van der Waals surface area (Å²) in [7, 11) is 0. The van der Waals surface area contributed by atoms with Crippen LogP contribution >= 0.6 is 23.4 Å². The van der Waals surface area contributed by atoms with E-state index in [1.807, 2.05) is 0 Å². The number of nitrogens with zero attached hydrogens (tertiary/aromatic N) is 2. The van der Waals surface area contributed by atoms with Gasteiger partial charge in [0.2, 0.25) is 0 Å². The van der Waals surface area contributed by atoms with E-state index in [0.717, 1.165) is 11.8 Å². The number of anilines is 1. The van der Waals surface area contributed by atoms with Gasteiger partial charge in [0, 0.05) is 18.5 Å². The quantitative estimate of drug-likeness (QED) is 0.820. The highest BCUT2D eigenvalue weighted by molar-refractivity contribution is 8.13. The molecule has 9 heteroatoms. The second-order valence-corrected chi connectivity index (χ2v) is 6.00. The first kappa shape index (κ1) is 16.6. The van der Waals surface area contributed by atoms with E-state index >= 15 is 0 Å². The standard InChI is InChI=1S/C13H14ClN3O4S/c1-8(12(19)16-10-3-2-9(14)6-15-10)21-11(18)7-17-4-5-22-13(17)20/h2-3,6,8H,4-5,7H2,1H3,(H,15,16,19)/t8-/m0/s1. The van der Waals surface area contributed by atoms with Crippen molar-refractivity contribution in [1.29, 1.82) is 0 Å². The summed E-state index contributed by atoms with van der Waals surface area (Å²) in [5.41, 5.74) is 0. The Hall–Kier alpha value is -1.80. The molecule has 22 heavy (non-hydrogen) atoms. The van der Waals surface area contributed by atoms with Crippen LogP contribution < -0.4 is 5.32 Å². The Kier molecular flexibility index (Phi) is 5.62. The van der Waals surface area contributed by atoms with Crippen LogP contribution in [0.5, 0.6) is 0 Å². The molecule has 2 amide bonds. The molecule has 0 spiro atoms. The van der Waals surface area contributed by atoms with Crippen molar-refractivity contribution in [3.05, 3.63) is 23.4 Å². The van der Waals surface area contributed by atoms with Gasteiger partial charge < -0.3 is 15.0 Å². The van der Waals surface area contributed by atoms with Gasteiger partial charge in [-0.1, -0.05) is 23.4 Å². The average Bonchev–Trinajstić information content (AvgIpc) is 2.86. The van der Waals surface area contributed by atoms with Crippen LogP contribution in [0.4, 0.5) is 10.6 Å². The Morgan fingerprint density at radius 3 is 2.91 bits per heavy atom. The second-order valence-electron chi connectivity index (χ2n) is 4.52. The summed E-state index contributed by atoms with van der Waals surface area (Å²) in [5, 5.41) is 2.80. The molecule has 1 aliphatic heterocycles. The van der Waals surface area contributed by atoms with Gasteiger partial charge in [-0.15, -0.1) is 0 Å². The van der Waals surface area contributed by atoms with Crippen LogP contribution in [0.25, 0.3) is 0 Å². The molecule has 1 saturated heterocycles. The van der Waals surface area contributed by atoms with Crippen LogP contribution in [0.2, 0.25) is 5.02 Å². The molecule has 1 aromatic rings. The SMILES string of the molecule is C[C@H](OC(=O)CN1CCSC1=O)C(=O)Nc1ccc(Cl)cn1. The van der Waals surface area contributed by atoms with Gasteiger partial charge in [0.05, 0.1) is 5.02 Å². The zero-order valence-electron chi connectivity index (χ0n) is 11.7. The van der Waals surface area contributed by atoms with Crippen LogP contribution in [0.3, 0.4) is 0 Å². The highest BCUT2D eigenvalue weighted by Gasteiger charge is 2.26. The van der Waals surface area contributed by atoms with Gasteiger partial charge in [-0.2, -0.15) is 0 Å². The van der Waals surface area contributed by atoms with Crippen molar-refractivity contribution in [2.45, 2.75) is 13.0 Å². The first-order valence-electron chi connectivity index (χ1n) is 6.49. The van der Waals surface area contributed by atoms with Gasteiger partial charge in [0.15, 0.2) is 6.10 Å². The first-order valence-corrected chi connectivity index (χ1v) is 7.85. The molecule has 0 radical (unpaired) electrons. The predicted molar refractivity (Wildman–Crippen MR) is 82.9 cm³/mol. The summed E-state index contributed by atoms with van der Waals surface area (Å²) in [6, 6.07) is 3.12. The first-order chi connectivity index (χ1) is 10.5. The summed E-state index contributed by atoms with van der Waals surface area (Å²) in [5.74, 6) is -0.166. The van der Waals surface area contributed by atoms with E-state index in [2.05, 4.69) is 10.3 Å². The molecule has 7 nitrogen and oxygen atoms in total. The molecular weight excluding hydrogens is 330 g/mol. The number of hydrogen-bond donors (Lipinski definition) is 1. The maximum Gasteiger partial charge on any atom is 0.326 e. The molecule has 118 valence electrons. The van der Waals surface area contributed by atoms with Crippen LogP contribution in [0.1, 0.15) is 6.92 Å². The third kappa shape index (κ3) is 4.60. The van der Waals surface area contributed by atoms with Crippen molar-refractivity contribution < 1.29 is 19.1 Å². The lowest BCUT2D eigenvalue weighted by molar-refractivity contribution is -0.153. The maximum atomic E-state index is 11.9. The normalized spacial score (nSPS) is 15.5. The lowest BCUT2D eigenvalue weighted by Crippen LogP contribution is -2.36. The van der Waals surface area contributed by atoms with Crippen molar-refractivity contribution in [1.82, 2.24) is 9.88 Å². The molecule has 1 atom stereocenters. The number of halogens is 1. The van der Waals surface area contributed by atoms with Crippen molar-refractivity contribution in [2.24, 2.45) is 0 Å². The van der Waals surface area contributed by atoms with E-state index in [1.165, 1.54) is 24.1 Å². The molecule has 2 rings (SSSR count). The number of aromatic nitrogens is 1. The molecule has 1 N–H and O–H groups in total. The summed E-state index contributed by atoms with van der Waals surface area (Å²) in [6.45, 7) is 1.81. The van der Waals surface area contributed by atoms with Gasteiger partial charge in [-0.3, -0.25) is 14.4 Å². The summed E-state index contributed by atoms with van der Waals surface area (Å²) in [4.78, 5) is 40.3. The second kappa shape index (κ2) is 7.46. The predicted octanol–water partition coefficient (Wildman–Crippen LogP) is 1.77. The number of nitrogens with one attached hydrogen (secondary N) is 1. The fourth-order valence-corrected chi connectivity index (χ4v) is 2.63. The smallest absolute Gasteiger partial charge is 0.326 e. The van der Waals surface area contributed by atoms with E-state index in [4.69, 9.17) is 16.3 Å². The van der Waals surface area contributed by atoms with Crippen LogP contribution in [-0.2, 0) is 14.3 Å². The molecule has 1 aromatic heterocycles. The third-order valence-electron chi connectivity index (χ3n) is 2.82. The van der Waals surface area contributed by atoms with E-state index in [0.29, 0.717) is 23.1 Å². The van der Waals surface area contributed by atoms with Gasteiger partial charge in [0.1, 0.15) is 12.4 Å². The molecular formula is C13H14ClN3O4S. The molecule has 0 aliphatic carbocycles. The average molecular weight is 344 g/mol. The maximum absolute atomic E-state index is 11.9. The third-order valence-corrected chi connectivity index (χ3v) is 3.94. The lowest BCUT2D eigenvalue weighted by Gasteiger charge is -2.16. The minimum absolute atomic E-state index is 0.150. The van der Waals surface area contributed by atoms with E-state index in [-0.39, 0.29) is 11.8 Å². The van der Waals surface area contributed by atoms with Crippen molar-refractivity contribution in [2.75, 3.05) is 24.2 Å². The van der Waals surface area contributed by atoms with Crippen molar-refractivity contribution >= 4 is 46.3 Å². The van der Waals surface area contributed by atoms with Gasteiger partial charge >= 0.3 is 5.97 Å². The molecule has 0 bridgehead atoms. The van der Waals surface area contributed by atoms with Gasteiger partial charge in [0.25, 0.3) is 11.1 Å². The van der Waals surface area contributed by atoms with Crippen LogP contribution in [0.15, 0.2) is 18.3 Å².